The summed E-state index contributed by atoms with van der Waals surface area (Å²) in [6.45, 7) is 4.09. The number of hydrogen-bond acceptors (Lipinski definition) is 6. The van der Waals surface area contributed by atoms with Crippen molar-refractivity contribution >= 4 is 17.8 Å². The number of ether oxygens (including phenoxy) is 2. The molecule has 0 aliphatic carbocycles. The van der Waals surface area contributed by atoms with Crippen molar-refractivity contribution in [3.05, 3.63) is 0 Å². The Bertz CT molecular complexity index is 270. The number of nitrogens with one attached hydrogen (secondary N) is 1. The van der Waals surface area contributed by atoms with Gasteiger partial charge in [0.05, 0.1) is 13.2 Å². The molecule has 0 aromatic heterocycles. The lowest BCUT2D eigenvalue weighted by Crippen LogP contribution is -2.50. The molecule has 7 nitrogen and oxygen atoms in total. The van der Waals surface area contributed by atoms with E-state index in [1.54, 1.807) is 0 Å². The predicted octanol–water partition coefficient (Wildman–Crippen LogP) is -0.376. The standard InChI is InChI=1S/C9H15NO6/c1-4-15-7(12)9(3,6(11)10-14)8(13)16-5-2/h14H,4-5H2,1-3H3,(H,10,11). The zero-order valence-electron chi connectivity index (χ0n) is 9.40. The molecule has 0 fully saturated rings. The van der Waals surface area contributed by atoms with E-state index in [0.717, 1.165) is 6.92 Å². The summed E-state index contributed by atoms with van der Waals surface area (Å²) in [5.74, 6) is -3.33. The van der Waals surface area contributed by atoms with Gasteiger partial charge in [0.15, 0.2) is 0 Å². The first kappa shape index (κ1) is 14.4. The smallest absolute Gasteiger partial charge is 0.333 e. The topological polar surface area (TPSA) is 102 Å². The summed E-state index contributed by atoms with van der Waals surface area (Å²) in [5.41, 5.74) is -0.950. The zero-order valence-corrected chi connectivity index (χ0v) is 9.40. The molecule has 0 bridgehead atoms. The number of carbonyl (C=O) groups is 3. The maximum Gasteiger partial charge on any atom is 0.333 e. The van der Waals surface area contributed by atoms with Gasteiger partial charge in [-0.25, -0.2) is 5.48 Å². The fraction of sp³-hybridized carbons (Fsp3) is 0.667. The molecule has 0 rings (SSSR count). The molecule has 1 amide bonds. The largest absolute Gasteiger partial charge is 0.465 e. The quantitative estimate of drug-likeness (QED) is 0.290. The summed E-state index contributed by atoms with van der Waals surface area (Å²) in [7, 11) is 0. The van der Waals surface area contributed by atoms with Crippen LogP contribution < -0.4 is 5.48 Å². The highest BCUT2D eigenvalue weighted by molar-refractivity contribution is 6.18. The Hall–Kier alpha value is -1.63. The van der Waals surface area contributed by atoms with Crippen molar-refractivity contribution in [1.29, 1.82) is 0 Å². The minimum atomic E-state index is -2.19. The summed E-state index contributed by atoms with van der Waals surface area (Å²) in [5, 5.41) is 8.49. The van der Waals surface area contributed by atoms with Crippen LogP contribution in [0.1, 0.15) is 20.8 Å². The van der Waals surface area contributed by atoms with Gasteiger partial charge in [0.1, 0.15) is 0 Å². The monoisotopic (exact) mass is 233 g/mol. The Kier molecular flexibility index (Phi) is 5.44. The van der Waals surface area contributed by atoms with Gasteiger partial charge in [-0.15, -0.1) is 0 Å². The highest BCUT2D eigenvalue weighted by Gasteiger charge is 2.51. The highest BCUT2D eigenvalue weighted by Crippen LogP contribution is 2.21. The minimum absolute atomic E-state index is 0.00649. The number of hydrogen-bond donors (Lipinski definition) is 2. The maximum atomic E-state index is 11.5. The van der Waals surface area contributed by atoms with Crippen LogP contribution in [0.4, 0.5) is 0 Å². The lowest BCUT2D eigenvalue weighted by atomic mass is 9.90. The van der Waals surface area contributed by atoms with Crippen molar-refractivity contribution in [3.8, 4) is 0 Å². The van der Waals surface area contributed by atoms with Gasteiger partial charge >= 0.3 is 11.9 Å². The molecule has 0 saturated heterocycles. The molecule has 7 heteroatoms. The summed E-state index contributed by atoms with van der Waals surface area (Å²) in [4.78, 5) is 34.3. The second-order valence-corrected chi connectivity index (χ2v) is 3.01. The van der Waals surface area contributed by atoms with E-state index in [1.165, 1.54) is 19.3 Å². The van der Waals surface area contributed by atoms with Crippen molar-refractivity contribution in [2.45, 2.75) is 20.8 Å². The number of rotatable bonds is 5. The molecule has 0 aromatic rings. The minimum Gasteiger partial charge on any atom is -0.465 e. The van der Waals surface area contributed by atoms with E-state index >= 15 is 0 Å². The van der Waals surface area contributed by atoms with E-state index in [9.17, 15) is 14.4 Å². The van der Waals surface area contributed by atoms with Crippen molar-refractivity contribution in [1.82, 2.24) is 5.48 Å². The molecule has 0 aliphatic heterocycles. The van der Waals surface area contributed by atoms with Crippen LogP contribution in [-0.4, -0.2) is 36.3 Å². The third-order valence-electron chi connectivity index (χ3n) is 1.92. The van der Waals surface area contributed by atoms with Gasteiger partial charge in [0.2, 0.25) is 5.41 Å². The lowest BCUT2D eigenvalue weighted by Gasteiger charge is -2.22. The Morgan fingerprint density at radius 3 is 1.75 bits per heavy atom. The van der Waals surface area contributed by atoms with E-state index in [4.69, 9.17) is 5.21 Å². The van der Waals surface area contributed by atoms with Gasteiger partial charge in [0, 0.05) is 0 Å². The SMILES string of the molecule is CCOC(=O)C(C)(C(=O)NO)C(=O)OCC. The molecule has 0 heterocycles. The van der Waals surface area contributed by atoms with Crippen LogP contribution in [0.2, 0.25) is 0 Å². The van der Waals surface area contributed by atoms with Crippen LogP contribution in [0.25, 0.3) is 0 Å². The summed E-state index contributed by atoms with van der Waals surface area (Å²) in [6, 6.07) is 0. The van der Waals surface area contributed by atoms with Gasteiger partial charge < -0.3 is 9.47 Å². The van der Waals surface area contributed by atoms with Crippen molar-refractivity contribution in [2.75, 3.05) is 13.2 Å². The Morgan fingerprint density at radius 2 is 1.50 bits per heavy atom. The molecule has 0 spiro atoms. The first-order valence-corrected chi connectivity index (χ1v) is 4.74. The number of amides is 1. The maximum absolute atomic E-state index is 11.5. The molecule has 0 unspecified atom stereocenters. The third kappa shape index (κ3) is 2.69. The molecule has 92 valence electrons. The number of hydroxylamine groups is 1. The average molecular weight is 233 g/mol. The second kappa shape index (κ2) is 6.06. The first-order valence-electron chi connectivity index (χ1n) is 4.74. The van der Waals surface area contributed by atoms with Gasteiger partial charge in [-0.1, -0.05) is 0 Å². The average Bonchev–Trinajstić information content (AvgIpc) is 2.27. The molecule has 16 heavy (non-hydrogen) atoms. The van der Waals surface area contributed by atoms with Crippen LogP contribution >= 0.6 is 0 Å². The van der Waals surface area contributed by atoms with E-state index < -0.39 is 23.3 Å². The number of carbonyl (C=O) groups excluding carboxylic acids is 3. The second-order valence-electron chi connectivity index (χ2n) is 3.01. The Labute approximate surface area is 92.7 Å². The molecule has 0 aromatic carbocycles. The Morgan fingerprint density at radius 1 is 1.12 bits per heavy atom. The molecular formula is C9H15NO6. The highest BCUT2D eigenvalue weighted by atomic mass is 16.6. The predicted molar refractivity (Wildman–Crippen MR) is 51.3 cm³/mol. The van der Waals surface area contributed by atoms with Crippen LogP contribution in [-0.2, 0) is 23.9 Å². The molecule has 0 radical (unpaired) electrons. The fourth-order valence-electron chi connectivity index (χ4n) is 0.931. The molecular weight excluding hydrogens is 218 g/mol. The number of esters is 2. The zero-order chi connectivity index (χ0) is 12.8. The lowest BCUT2D eigenvalue weighted by molar-refractivity contribution is -0.176. The van der Waals surface area contributed by atoms with Crippen LogP contribution in [0.5, 0.6) is 0 Å². The Balaban J connectivity index is 5.10. The first-order chi connectivity index (χ1) is 7.44. The van der Waals surface area contributed by atoms with E-state index in [2.05, 4.69) is 9.47 Å². The molecule has 2 N–H and O–H groups in total. The molecule has 0 aliphatic rings. The van der Waals surface area contributed by atoms with E-state index in [1.807, 2.05) is 0 Å². The van der Waals surface area contributed by atoms with E-state index in [0.29, 0.717) is 0 Å². The summed E-state index contributed by atoms with van der Waals surface area (Å²) < 4.78 is 9.17. The van der Waals surface area contributed by atoms with Gasteiger partial charge in [-0.05, 0) is 20.8 Å². The summed E-state index contributed by atoms with van der Waals surface area (Å²) >= 11 is 0. The van der Waals surface area contributed by atoms with Gasteiger partial charge in [-0.2, -0.15) is 0 Å². The fourth-order valence-corrected chi connectivity index (χ4v) is 0.931. The van der Waals surface area contributed by atoms with Gasteiger partial charge in [-0.3, -0.25) is 19.6 Å². The third-order valence-corrected chi connectivity index (χ3v) is 1.92. The van der Waals surface area contributed by atoms with Crippen LogP contribution in [0, 0.1) is 5.41 Å². The summed E-state index contributed by atoms with van der Waals surface area (Å²) in [6.07, 6.45) is 0. The van der Waals surface area contributed by atoms with Crippen molar-refractivity contribution < 1.29 is 29.1 Å². The van der Waals surface area contributed by atoms with Crippen LogP contribution in [0.3, 0.4) is 0 Å². The normalized spacial score (nSPS) is 10.5. The van der Waals surface area contributed by atoms with Crippen molar-refractivity contribution in [3.63, 3.8) is 0 Å². The van der Waals surface area contributed by atoms with E-state index in [-0.39, 0.29) is 13.2 Å². The van der Waals surface area contributed by atoms with Gasteiger partial charge in [0.25, 0.3) is 5.91 Å². The van der Waals surface area contributed by atoms with Crippen molar-refractivity contribution in [2.24, 2.45) is 5.41 Å². The molecule has 0 saturated carbocycles. The molecule has 0 atom stereocenters. The van der Waals surface area contributed by atoms with Crippen LogP contribution in [0.15, 0.2) is 0 Å².